The number of fused-ring (bicyclic) bond motifs is 1. The van der Waals surface area contributed by atoms with Crippen LogP contribution in [-0.2, 0) is 22.7 Å². The Labute approximate surface area is 212 Å². The molecular formula is C23H17Cl2F3N2O4S. The van der Waals surface area contributed by atoms with E-state index in [0.717, 1.165) is 22.9 Å². The molecule has 0 saturated heterocycles. The topological polar surface area (TPSA) is 68.2 Å². The molecule has 0 N–H and O–H groups in total. The number of carbonyl (C=O) groups excluding carboxylic acids is 2. The first-order valence-electron chi connectivity index (χ1n) is 10.1. The monoisotopic (exact) mass is 544 g/mol. The molecule has 0 fully saturated rings. The van der Waals surface area contributed by atoms with Gasteiger partial charge in [-0.3, -0.25) is 9.59 Å². The van der Waals surface area contributed by atoms with Crippen LogP contribution in [0, 0.1) is 5.92 Å². The zero-order valence-electron chi connectivity index (χ0n) is 18.3. The van der Waals surface area contributed by atoms with Crippen molar-refractivity contribution in [2.24, 2.45) is 10.9 Å². The van der Waals surface area contributed by atoms with Crippen LogP contribution in [0.1, 0.15) is 11.1 Å². The third-order valence-electron chi connectivity index (χ3n) is 5.46. The number of carbonyl (C=O) groups is 2. The first kappa shape index (κ1) is 25.4. The molecule has 0 spiro atoms. The van der Waals surface area contributed by atoms with E-state index in [1.165, 1.54) is 31.3 Å². The highest BCUT2D eigenvalue weighted by Gasteiger charge is 2.44. The lowest BCUT2D eigenvalue weighted by Gasteiger charge is -2.26. The van der Waals surface area contributed by atoms with E-state index in [0.29, 0.717) is 17.6 Å². The van der Waals surface area contributed by atoms with Crippen LogP contribution in [0.25, 0.3) is 0 Å². The van der Waals surface area contributed by atoms with Gasteiger partial charge in [-0.2, -0.15) is 13.2 Å². The van der Waals surface area contributed by atoms with Crippen LogP contribution in [0.15, 0.2) is 51.2 Å². The van der Waals surface area contributed by atoms with Gasteiger partial charge in [0.1, 0.15) is 5.71 Å². The lowest BCUT2D eigenvalue weighted by atomic mass is 10.0. The summed E-state index contributed by atoms with van der Waals surface area (Å²) in [5, 5.41) is 0.344. The van der Waals surface area contributed by atoms with Crippen molar-refractivity contribution < 1.29 is 32.2 Å². The summed E-state index contributed by atoms with van der Waals surface area (Å²) >= 11 is 13.1. The average molecular weight is 545 g/mol. The summed E-state index contributed by atoms with van der Waals surface area (Å²) < 4.78 is 50.9. The van der Waals surface area contributed by atoms with E-state index in [2.05, 4.69) is 4.99 Å². The second kappa shape index (κ2) is 9.75. The van der Waals surface area contributed by atoms with E-state index in [4.69, 9.17) is 32.7 Å². The molecular weight excluding hydrogens is 528 g/mol. The normalized spacial score (nSPS) is 17.6. The molecule has 1 atom stereocenters. The van der Waals surface area contributed by atoms with E-state index in [9.17, 15) is 22.8 Å². The van der Waals surface area contributed by atoms with E-state index >= 15 is 0 Å². The number of hydrogen-bond donors (Lipinski definition) is 0. The van der Waals surface area contributed by atoms with Gasteiger partial charge in [0.2, 0.25) is 5.91 Å². The quantitative estimate of drug-likeness (QED) is 0.452. The molecule has 2 aromatic rings. The molecule has 2 aliphatic rings. The van der Waals surface area contributed by atoms with Crippen molar-refractivity contribution in [3.63, 3.8) is 0 Å². The Morgan fingerprint density at radius 1 is 1.09 bits per heavy atom. The maximum atomic E-state index is 13.5. The molecule has 2 heterocycles. The summed E-state index contributed by atoms with van der Waals surface area (Å²) in [6, 6.07) is 8.03. The lowest BCUT2D eigenvalue weighted by molar-refractivity contribution is -0.139. The minimum absolute atomic E-state index is 0.138. The van der Waals surface area contributed by atoms with Gasteiger partial charge in [0.15, 0.2) is 17.4 Å². The van der Waals surface area contributed by atoms with Crippen molar-refractivity contribution in [1.82, 2.24) is 4.90 Å². The zero-order valence-corrected chi connectivity index (χ0v) is 20.6. The van der Waals surface area contributed by atoms with Gasteiger partial charge in [0.05, 0.1) is 24.3 Å². The van der Waals surface area contributed by atoms with Crippen molar-refractivity contribution in [2.45, 2.75) is 24.2 Å². The van der Waals surface area contributed by atoms with E-state index in [1.807, 2.05) is 0 Å². The minimum atomic E-state index is -4.88. The maximum absolute atomic E-state index is 13.5. The Morgan fingerprint density at radius 3 is 2.11 bits per heavy atom. The Bertz CT molecular complexity index is 1230. The van der Waals surface area contributed by atoms with Crippen LogP contribution in [0.2, 0.25) is 10.0 Å². The molecule has 2 aliphatic heterocycles. The lowest BCUT2D eigenvalue weighted by Crippen LogP contribution is -2.39. The van der Waals surface area contributed by atoms with Crippen LogP contribution < -0.4 is 9.47 Å². The van der Waals surface area contributed by atoms with Gasteiger partial charge in [-0.25, -0.2) is 4.99 Å². The third-order valence-corrected chi connectivity index (χ3v) is 7.54. The summed E-state index contributed by atoms with van der Waals surface area (Å²) in [5.74, 6) is -2.52. The number of rotatable bonds is 5. The number of halogens is 5. The van der Waals surface area contributed by atoms with E-state index in [-0.39, 0.29) is 32.9 Å². The number of amides is 2. The van der Waals surface area contributed by atoms with Crippen molar-refractivity contribution in [3.8, 4) is 11.5 Å². The molecule has 2 amide bonds. The molecule has 184 valence electrons. The molecule has 0 aromatic heterocycles. The van der Waals surface area contributed by atoms with Crippen LogP contribution >= 0.6 is 35.0 Å². The van der Waals surface area contributed by atoms with Crippen LogP contribution in [0.5, 0.6) is 11.5 Å². The summed E-state index contributed by atoms with van der Waals surface area (Å²) in [5.41, 5.74) is 0.147. The van der Waals surface area contributed by atoms with Crippen molar-refractivity contribution in [2.75, 3.05) is 14.2 Å². The van der Waals surface area contributed by atoms with Gasteiger partial charge in [-0.05, 0) is 41.5 Å². The molecule has 0 saturated carbocycles. The summed E-state index contributed by atoms with van der Waals surface area (Å²) in [6.07, 6.45) is -4.18. The number of nitrogens with zero attached hydrogens (tertiary/aromatic N) is 2. The van der Waals surface area contributed by atoms with Crippen molar-refractivity contribution in [3.05, 3.63) is 62.5 Å². The van der Waals surface area contributed by atoms with Gasteiger partial charge in [-0.1, -0.05) is 41.0 Å². The molecule has 1 unspecified atom stereocenters. The number of allylic oxidation sites excluding steroid dienone is 1. The van der Waals surface area contributed by atoms with Crippen LogP contribution in [0.3, 0.4) is 0 Å². The van der Waals surface area contributed by atoms with Crippen molar-refractivity contribution >= 4 is 52.5 Å². The highest BCUT2D eigenvalue weighted by atomic mass is 35.5. The fraction of sp³-hybridized carbons (Fsp3) is 0.261. The molecule has 6 nitrogen and oxygen atoms in total. The molecule has 2 aromatic carbocycles. The largest absolute Gasteiger partial charge is 0.493 e. The van der Waals surface area contributed by atoms with Gasteiger partial charge in [0.25, 0.3) is 5.91 Å². The summed E-state index contributed by atoms with van der Waals surface area (Å²) in [7, 11) is 2.96. The molecule has 0 bridgehead atoms. The van der Waals surface area contributed by atoms with Gasteiger partial charge in [0, 0.05) is 22.9 Å². The molecule has 4 rings (SSSR count). The number of alkyl halides is 3. The fourth-order valence-corrected chi connectivity index (χ4v) is 5.46. The molecule has 0 aliphatic carbocycles. The third kappa shape index (κ3) is 5.00. The minimum Gasteiger partial charge on any atom is -0.493 e. The fourth-order valence-electron chi connectivity index (χ4n) is 3.78. The second-order valence-electron chi connectivity index (χ2n) is 7.64. The molecule has 0 radical (unpaired) electrons. The number of hydrogen-bond acceptors (Lipinski definition) is 5. The van der Waals surface area contributed by atoms with E-state index in [1.54, 1.807) is 18.2 Å². The molecule has 35 heavy (non-hydrogen) atoms. The molecule has 12 heteroatoms. The predicted octanol–water partition coefficient (Wildman–Crippen LogP) is 5.69. The average Bonchev–Trinajstić information content (AvgIpc) is 3.22. The summed E-state index contributed by atoms with van der Waals surface area (Å²) in [4.78, 5) is 30.9. The Kier molecular flexibility index (Phi) is 7.08. The standard InChI is InChI=1S/C23H17Cl2F3N2O4S/c1-33-15-6-11-9-30(10-12(11)7-16(15)34-2)22(32)19-17(8-18(23(26,27)28)29-21(19)31)35-20-13(24)4-3-5-14(20)25/h3-8,19H,9-10H2,1-2H3. The SMILES string of the molecule is COc1cc2c(cc1OC)CN(C(=O)C1C(=O)N=C(C(F)(F)F)C=C1Sc1c(Cl)cccc1Cl)C2. The van der Waals surface area contributed by atoms with Crippen LogP contribution in [0.4, 0.5) is 13.2 Å². The highest BCUT2D eigenvalue weighted by molar-refractivity contribution is 8.03. The first-order valence-corrected chi connectivity index (χ1v) is 11.7. The summed E-state index contributed by atoms with van der Waals surface area (Å²) in [6.45, 7) is 0.276. The van der Waals surface area contributed by atoms with E-state index < -0.39 is 29.6 Å². The second-order valence-corrected chi connectivity index (χ2v) is 9.53. The number of methoxy groups -OCH3 is 2. The Hall–Kier alpha value is -2.69. The first-order chi connectivity index (χ1) is 16.5. The Balaban J connectivity index is 1.68. The number of benzene rings is 2. The zero-order chi connectivity index (χ0) is 25.5. The van der Waals surface area contributed by atoms with Crippen molar-refractivity contribution in [1.29, 1.82) is 0 Å². The number of thioether (sulfide) groups is 1. The van der Waals surface area contributed by atoms with Crippen LogP contribution in [-0.4, -0.2) is 42.8 Å². The number of aliphatic imine (C=N–C) groups is 1. The maximum Gasteiger partial charge on any atom is 0.433 e. The van der Waals surface area contributed by atoms with Gasteiger partial charge < -0.3 is 14.4 Å². The van der Waals surface area contributed by atoms with Gasteiger partial charge >= 0.3 is 6.18 Å². The Morgan fingerprint density at radius 2 is 1.63 bits per heavy atom. The number of ether oxygens (including phenoxy) is 2. The predicted molar refractivity (Wildman–Crippen MR) is 126 cm³/mol. The van der Waals surface area contributed by atoms with Gasteiger partial charge in [-0.15, -0.1) is 0 Å². The smallest absolute Gasteiger partial charge is 0.433 e. The number of dihydropyridines is 1. The highest BCUT2D eigenvalue weighted by Crippen LogP contribution is 2.44.